The summed E-state index contributed by atoms with van der Waals surface area (Å²) in [4.78, 5) is 37.3. The summed E-state index contributed by atoms with van der Waals surface area (Å²) in [7, 11) is 0. The predicted molar refractivity (Wildman–Crippen MR) is 89.4 cm³/mol. The van der Waals surface area contributed by atoms with Crippen LogP contribution in [0.5, 0.6) is 0 Å². The number of hydrogen-bond donors (Lipinski definition) is 1. The Bertz CT molecular complexity index is 566. The maximum absolute atomic E-state index is 12.1. The molecule has 1 N–H and O–H groups in total. The number of carbonyl (C=O) groups excluding carboxylic acids is 3. The lowest BCUT2D eigenvalue weighted by molar-refractivity contribution is -0.145. The third-order valence-corrected chi connectivity index (χ3v) is 4.07. The van der Waals surface area contributed by atoms with Crippen molar-refractivity contribution in [3.05, 3.63) is 35.9 Å². The van der Waals surface area contributed by atoms with Gasteiger partial charge in [0.05, 0.1) is 13.0 Å². The SMILES string of the molecule is CCOC(=O)CCC(=O)N1CCC(NC(=O)c2ccccc2)CC1. The summed E-state index contributed by atoms with van der Waals surface area (Å²) < 4.78 is 4.83. The molecule has 0 spiro atoms. The molecule has 1 heterocycles. The summed E-state index contributed by atoms with van der Waals surface area (Å²) >= 11 is 0. The van der Waals surface area contributed by atoms with E-state index in [2.05, 4.69) is 5.32 Å². The van der Waals surface area contributed by atoms with Gasteiger partial charge in [0.15, 0.2) is 0 Å². The highest BCUT2D eigenvalue weighted by molar-refractivity contribution is 5.94. The van der Waals surface area contributed by atoms with E-state index < -0.39 is 0 Å². The Morgan fingerprint density at radius 1 is 1.12 bits per heavy atom. The number of rotatable bonds is 6. The van der Waals surface area contributed by atoms with Crippen molar-refractivity contribution >= 4 is 17.8 Å². The van der Waals surface area contributed by atoms with Crippen molar-refractivity contribution in [2.75, 3.05) is 19.7 Å². The Labute approximate surface area is 142 Å². The van der Waals surface area contributed by atoms with E-state index in [1.54, 1.807) is 24.0 Å². The largest absolute Gasteiger partial charge is 0.466 e. The molecule has 1 aliphatic heterocycles. The summed E-state index contributed by atoms with van der Waals surface area (Å²) in [6.45, 7) is 3.27. The first-order valence-corrected chi connectivity index (χ1v) is 8.39. The molecule has 2 rings (SSSR count). The minimum absolute atomic E-state index is 0.0316. The number of amides is 2. The van der Waals surface area contributed by atoms with Crippen LogP contribution in [-0.2, 0) is 14.3 Å². The number of esters is 1. The van der Waals surface area contributed by atoms with Crippen LogP contribution in [0.15, 0.2) is 30.3 Å². The summed E-state index contributed by atoms with van der Waals surface area (Å²) in [6.07, 6.45) is 1.75. The third-order valence-electron chi connectivity index (χ3n) is 4.07. The van der Waals surface area contributed by atoms with E-state index in [1.807, 2.05) is 18.2 Å². The molecule has 6 nitrogen and oxygen atoms in total. The summed E-state index contributed by atoms with van der Waals surface area (Å²) in [6, 6.07) is 9.18. The van der Waals surface area contributed by atoms with Gasteiger partial charge >= 0.3 is 5.97 Å². The number of carbonyl (C=O) groups is 3. The summed E-state index contributed by atoms with van der Waals surface area (Å²) in [5.74, 6) is -0.450. The van der Waals surface area contributed by atoms with Gasteiger partial charge in [-0.2, -0.15) is 0 Å². The number of piperidine rings is 1. The quantitative estimate of drug-likeness (QED) is 0.805. The Morgan fingerprint density at radius 3 is 2.42 bits per heavy atom. The molecular weight excluding hydrogens is 308 g/mol. The molecule has 2 amide bonds. The lowest BCUT2D eigenvalue weighted by Gasteiger charge is -2.32. The molecule has 6 heteroatoms. The Morgan fingerprint density at radius 2 is 1.79 bits per heavy atom. The molecule has 24 heavy (non-hydrogen) atoms. The monoisotopic (exact) mass is 332 g/mol. The van der Waals surface area contributed by atoms with E-state index in [4.69, 9.17) is 4.74 Å². The Kier molecular flexibility index (Phi) is 6.78. The molecular formula is C18H24N2O4. The van der Waals surface area contributed by atoms with Crippen molar-refractivity contribution in [2.45, 2.75) is 38.6 Å². The fourth-order valence-corrected chi connectivity index (χ4v) is 2.73. The van der Waals surface area contributed by atoms with E-state index in [9.17, 15) is 14.4 Å². The van der Waals surface area contributed by atoms with Crippen LogP contribution in [0, 0.1) is 0 Å². The predicted octanol–water partition coefficient (Wildman–Crippen LogP) is 1.75. The second kappa shape index (κ2) is 9.05. The molecule has 1 fully saturated rings. The average molecular weight is 332 g/mol. The highest BCUT2D eigenvalue weighted by Crippen LogP contribution is 2.13. The molecule has 1 aliphatic rings. The summed E-state index contributed by atoms with van der Waals surface area (Å²) in [5.41, 5.74) is 0.644. The van der Waals surface area contributed by atoms with E-state index >= 15 is 0 Å². The first-order chi connectivity index (χ1) is 11.6. The highest BCUT2D eigenvalue weighted by atomic mass is 16.5. The van der Waals surface area contributed by atoms with Gasteiger partial charge in [-0.25, -0.2) is 0 Å². The second-order valence-electron chi connectivity index (χ2n) is 5.80. The van der Waals surface area contributed by atoms with Crippen LogP contribution >= 0.6 is 0 Å². The molecule has 1 aromatic rings. The Hall–Kier alpha value is -2.37. The van der Waals surface area contributed by atoms with Crippen molar-refractivity contribution < 1.29 is 19.1 Å². The van der Waals surface area contributed by atoms with E-state index in [-0.39, 0.29) is 36.7 Å². The molecule has 0 bridgehead atoms. The molecule has 0 radical (unpaired) electrons. The maximum atomic E-state index is 12.1. The number of nitrogens with zero attached hydrogens (tertiary/aromatic N) is 1. The highest BCUT2D eigenvalue weighted by Gasteiger charge is 2.24. The van der Waals surface area contributed by atoms with Gasteiger partial charge in [0, 0.05) is 31.1 Å². The standard InChI is InChI=1S/C18H24N2O4/c1-2-24-17(22)9-8-16(21)20-12-10-15(11-13-20)19-18(23)14-6-4-3-5-7-14/h3-7,15H,2,8-13H2,1H3,(H,19,23). The van der Waals surface area contributed by atoms with Gasteiger partial charge in [-0.1, -0.05) is 18.2 Å². The van der Waals surface area contributed by atoms with Crippen LogP contribution in [0.3, 0.4) is 0 Å². The van der Waals surface area contributed by atoms with Crippen LogP contribution in [0.4, 0.5) is 0 Å². The first kappa shape index (κ1) is 18.0. The van der Waals surface area contributed by atoms with Crippen molar-refractivity contribution in [2.24, 2.45) is 0 Å². The van der Waals surface area contributed by atoms with E-state index in [1.165, 1.54) is 0 Å². The van der Waals surface area contributed by atoms with Crippen LogP contribution < -0.4 is 5.32 Å². The molecule has 0 saturated carbocycles. The van der Waals surface area contributed by atoms with Gasteiger partial charge in [0.2, 0.25) is 5.91 Å². The lowest BCUT2D eigenvalue weighted by Crippen LogP contribution is -2.46. The van der Waals surface area contributed by atoms with Crippen LogP contribution in [-0.4, -0.2) is 48.4 Å². The molecule has 130 valence electrons. The second-order valence-corrected chi connectivity index (χ2v) is 5.80. The average Bonchev–Trinajstić information content (AvgIpc) is 2.61. The van der Waals surface area contributed by atoms with Gasteiger partial charge in [-0.3, -0.25) is 14.4 Å². The molecule has 1 saturated heterocycles. The topological polar surface area (TPSA) is 75.7 Å². The number of benzene rings is 1. The molecule has 0 atom stereocenters. The first-order valence-electron chi connectivity index (χ1n) is 8.39. The smallest absolute Gasteiger partial charge is 0.306 e. The molecule has 0 unspecified atom stereocenters. The van der Waals surface area contributed by atoms with E-state index in [0.717, 1.165) is 12.8 Å². The fraction of sp³-hybridized carbons (Fsp3) is 0.500. The van der Waals surface area contributed by atoms with Crippen LogP contribution in [0.2, 0.25) is 0 Å². The summed E-state index contributed by atoms with van der Waals surface area (Å²) in [5, 5.41) is 3.01. The Balaban J connectivity index is 1.72. The normalized spacial score (nSPS) is 15.0. The van der Waals surface area contributed by atoms with Crippen molar-refractivity contribution in [1.82, 2.24) is 10.2 Å². The minimum atomic E-state index is -0.337. The van der Waals surface area contributed by atoms with Gasteiger partial charge in [-0.05, 0) is 31.9 Å². The van der Waals surface area contributed by atoms with Crippen LogP contribution in [0.25, 0.3) is 0 Å². The van der Waals surface area contributed by atoms with E-state index in [0.29, 0.717) is 25.3 Å². The van der Waals surface area contributed by atoms with Gasteiger partial charge in [0.25, 0.3) is 5.91 Å². The molecule has 0 aromatic heterocycles. The number of likely N-dealkylation sites (tertiary alicyclic amines) is 1. The minimum Gasteiger partial charge on any atom is -0.466 e. The maximum Gasteiger partial charge on any atom is 0.306 e. The van der Waals surface area contributed by atoms with Gasteiger partial charge in [-0.15, -0.1) is 0 Å². The fourth-order valence-electron chi connectivity index (χ4n) is 2.73. The van der Waals surface area contributed by atoms with Gasteiger partial charge in [0.1, 0.15) is 0 Å². The van der Waals surface area contributed by atoms with Crippen molar-refractivity contribution in [3.8, 4) is 0 Å². The van der Waals surface area contributed by atoms with Crippen molar-refractivity contribution in [3.63, 3.8) is 0 Å². The number of nitrogens with one attached hydrogen (secondary N) is 1. The number of hydrogen-bond acceptors (Lipinski definition) is 4. The van der Waals surface area contributed by atoms with Crippen molar-refractivity contribution in [1.29, 1.82) is 0 Å². The van der Waals surface area contributed by atoms with Gasteiger partial charge < -0.3 is 15.0 Å². The zero-order chi connectivity index (χ0) is 17.4. The lowest BCUT2D eigenvalue weighted by atomic mass is 10.0. The molecule has 0 aliphatic carbocycles. The third kappa shape index (κ3) is 5.37. The zero-order valence-electron chi connectivity index (χ0n) is 14.0. The molecule has 1 aromatic carbocycles. The zero-order valence-corrected chi connectivity index (χ0v) is 14.0. The van der Waals surface area contributed by atoms with Crippen LogP contribution in [0.1, 0.15) is 43.0 Å². The number of ether oxygens (including phenoxy) is 1.